The van der Waals surface area contributed by atoms with Gasteiger partial charge < -0.3 is 10.2 Å². The number of aryl methyl sites for hydroxylation is 2. The molecule has 0 aliphatic carbocycles. The van der Waals surface area contributed by atoms with E-state index in [1.165, 1.54) is 10.2 Å². The highest BCUT2D eigenvalue weighted by molar-refractivity contribution is 5.83. The topological polar surface area (TPSA) is 67.2 Å². The zero-order valence-corrected chi connectivity index (χ0v) is 18.1. The molecule has 1 N–H and O–H groups in total. The van der Waals surface area contributed by atoms with Crippen molar-refractivity contribution in [3.05, 3.63) is 76.2 Å². The molecule has 6 heteroatoms. The molecule has 0 saturated carbocycles. The maximum Gasteiger partial charge on any atom is 0.275 e. The first kappa shape index (κ1) is 21.2. The minimum Gasteiger partial charge on any atom is -0.350 e. The predicted octanol–water partition coefficient (Wildman–Crippen LogP) is 2.92. The summed E-state index contributed by atoms with van der Waals surface area (Å²) in [6.45, 7) is 4.79. The normalized spacial score (nSPS) is 17.0. The molecule has 6 nitrogen and oxygen atoms in total. The van der Waals surface area contributed by atoms with Gasteiger partial charge in [-0.2, -0.15) is 5.10 Å². The van der Waals surface area contributed by atoms with Gasteiger partial charge in [0, 0.05) is 18.0 Å². The molecule has 1 amide bonds. The van der Waals surface area contributed by atoms with Crippen LogP contribution in [0.3, 0.4) is 0 Å². The first-order valence-corrected chi connectivity index (χ1v) is 11.1. The van der Waals surface area contributed by atoms with Crippen LogP contribution in [0.4, 0.5) is 0 Å². The van der Waals surface area contributed by atoms with Crippen LogP contribution in [0.1, 0.15) is 30.5 Å². The Balaban J connectivity index is 1.31. The SMILES string of the molecule is Cc1nn(CC(=O)N[C@H]2CCCN(CCCc3ccccc3)C2)c(=O)c2ccccc12. The molecule has 3 aromatic rings. The van der Waals surface area contributed by atoms with Gasteiger partial charge in [0.2, 0.25) is 5.91 Å². The molecule has 2 heterocycles. The molecular weight excluding hydrogens is 388 g/mol. The van der Waals surface area contributed by atoms with E-state index in [9.17, 15) is 9.59 Å². The smallest absolute Gasteiger partial charge is 0.275 e. The van der Waals surface area contributed by atoms with Crippen molar-refractivity contribution in [3.63, 3.8) is 0 Å². The Labute approximate surface area is 182 Å². The van der Waals surface area contributed by atoms with Gasteiger partial charge in [-0.1, -0.05) is 48.5 Å². The molecule has 0 spiro atoms. The highest BCUT2D eigenvalue weighted by atomic mass is 16.2. The second-order valence-corrected chi connectivity index (χ2v) is 8.39. The molecule has 0 unspecified atom stereocenters. The maximum absolute atomic E-state index is 12.7. The van der Waals surface area contributed by atoms with E-state index in [0.717, 1.165) is 56.4 Å². The molecule has 1 fully saturated rings. The molecule has 4 rings (SSSR count). The van der Waals surface area contributed by atoms with E-state index in [0.29, 0.717) is 5.39 Å². The first-order chi connectivity index (χ1) is 15.1. The minimum absolute atomic E-state index is 0.0466. The quantitative estimate of drug-likeness (QED) is 0.641. The number of hydrogen-bond donors (Lipinski definition) is 1. The van der Waals surface area contributed by atoms with Crippen molar-refractivity contribution < 1.29 is 4.79 Å². The van der Waals surface area contributed by atoms with Crippen LogP contribution >= 0.6 is 0 Å². The molecule has 0 bridgehead atoms. The van der Waals surface area contributed by atoms with Crippen LogP contribution in [-0.4, -0.2) is 46.3 Å². The summed E-state index contributed by atoms with van der Waals surface area (Å²) < 4.78 is 1.29. The number of rotatable bonds is 7. The molecule has 1 aromatic heterocycles. The van der Waals surface area contributed by atoms with Crippen molar-refractivity contribution in [1.29, 1.82) is 0 Å². The van der Waals surface area contributed by atoms with E-state index >= 15 is 0 Å². The molecule has 0 radical (unpaired) electrons. The van der Waals surface area contributed by atoms with Crippen LogP contribution in [0.15, 0.2) is 59.4 Å². The third-order valence-electron chi connectivity index (χ3n) is 6.00. The summed E-state index contributed by atoms with van der Waals surface area (Å²) in [5.41, 5.74) is 1.90. The Bertz CT molecular complexity index is 1090. The number of fused-ring (bicyclic) bond motifs is 1. The summed E-state index contributed by atoms with van der Waals surface area (Å²) in [4.78, 5) is 27.8. The molecule has 2 aromatic carbocycles. The van der Waals surface area contributed by atoms with Gasteiger partial charge in [0.25, 0.3) is 5.56 Å². The fourth-order valence-electron chi connectivity index (χ4n) is 4.45. The Morgan fingerprint density at radius 2 is 1.84 bits per heavy atom. The minimum atomic E-state index is -0.220. The summed E-state index contributed by atoms with van der Waals surface area (Å²) in [5.74, 6) is -0.152. The number of nitrogens with one attached hydrogen (secondary N) is 1. The second kappa shape index (κ2) is 9.88. The number of nitrogens with zero attached hydrogens (tertiary/aromatic N) is 3. The van der Waals surface area contributed by atoms with Gasteiger partial charge in [-0.15, -0.1) is 0 Å². The van der Waals surface area contributed by atoms with Crippen molar-refractivity contribution >= 4 is 16.7 Å². The number of aromatic nitrogens is 2. The fourth-order valence-corrected chi connectivity index (χ4v) is 4.45. The first-order valence-electron chi connectivity index (χ1n) is 11.1. The van der Waals surface area contributed by atoms with Crippen molar-refractivity contribution in [3.8, 4) is 0 Å². The van der Waals surface area contributed by atoms with Gasteiger partial charge in [-0.25, -0.2) is 4.68 Å². The molecule has 162 valence electrons. The molecule has 31 heavy (non-hydrogen) atoms. The third kappa shape index (κ3) is 5.39. The average molecular weight is 419 g/mol. The van der Waals surface area contributed by atoms with Crippen LogP contribution in [-0.2, 0) is 17.8 Å². The lowest BCUT2D eigenvalue weighted by molar-refractivity contribution is -0.123. The summed E-state index contributed by atoms with van der Waals surface area (Å²) in [5, 5.41) is 8.91. The van der Waals surface area contributed by atoms with Crippen LogP contribution in [0.5, 0.6) is 0 Å². The highest BCUT2D eigenvalue weighted by Crippen LogP contribution is 2.13. The number of amides is 1. The van der Waals surface area contributed by atoms with Crippen molar-refractivity contribution in [2.45, 2.75) is 45.2 Å². The number of carbonyl (C=O) groups is 1. The number of hydrogen-bond acceptors (Lipinski definition) is 4. The Hall–Kier alpha value is -2.99. The van der Waals surface area contributed by atoms with Crippen LogP contribution in [0, 0.1) is 6.92 Å². The molecule has 1 atom stereocenters. The maximum atomic E-state index is 12.7. The molecule has 1 aliphatic heterocycles. The second-order valence-electron chi connectivity index (χ2n) is 8.39. The van der Waals surface area contributed by atoms with Gasteiger partial charge in [0.1, 0.15) is 6.54 Å². The standard InChI is InChI=1S/C25H30N4O2/c1-19-22-13-5-6-14-23(22)25(31)29(27-19)18-24(30)26-21-12-8-16-28(17-21)15-7-11-20-9-3-2-4-10-20/h2-6,9-10,13-14,21H,7-8,11-12,15-18H2,1H3,(H,26,30)/t21-/m0/s1. The predicted molar refractivity (Wildman–Crippen MR) is 123 cm³/mol. The Morgan fingerprint density at radius 3 is 2.65 bits per heavy atom. The lowest BCUT2D eigenvalue weighted by Gasteiger charge is -2.33. The lowest BCUT2D eigenvalue weighted by atomic mass is 10.0. The van der Waals surface area contributed by atoms with Crippen LogP contribution < -0.4 is 10.9 Å². The lowest BCUT2D eigenvalue weighted by Crippen LogP contribution is -2.49. The summed E-state index contributed by atoms with van der Waals surface area (Å²) in [6, 6.07) is 18.1. The highest BCUT2D eigenvalue weighted by Gasteiger charge is 2.21. The molecule has 1 aliphatic rings. The van der Waals surface area contributed by atoms with E-state index in [2.05, 4.69) is 39.6 Å². The van der Waals surface area contributed by atoms with E-state index in [-0.39, 0.29) is 24.1 Å². The van der Waals surface area contributed by atoms with Gasteiger partial charge in [-0.3, -0.25) is 9.59 Å². The Kier molecular flexibility index (Phi) is 6.77. The van der Waals surface area contributed by atoms with Gasteiger partial charge in [0.05, 0.1) is 11.1 Å². The monoisotopic (exact) mass is 418 g/mol. The fraction of sp³-hybridized carbons (Fsp3) is 0.400. The van der Waals surface area contributed by atoms with E-state index < -0.39 is 0 Å². The average Bonchev–Trinajstić information content (AvgIpc) is 2.78. The zero-order valence-electron chi connectivity index (χ0n) is 18.1. The van der Waals surface area contributed by atoms with E-state index in [1.54, 1.807) is 6.07 Å². The van der Waals surface area contributed by atoms with Crippen molar-refractivity contribution in [2.75, 3.05) is 19.6 Å². The number of piperidine rings is 1. The summed E-state index contributed by atoms with van der Waals surface area (Å²) in [6.07, 6.45) is 4.23. The summed E-state index contributed by atoms with van der Waals surface area (Å²) >= 11 is 0. The Morgan fingerprint density at radius 1 is 1.10 bits per heavy atom. The van der Waals surface area contributed by atoms with Crippen LogP contribution in [0.25, 0.3) is 10.8 Å². The number of benzene rings is 2. The zero-order chi connectivity index (χ0) is 21.6. The number of carbonyl (C=O) groups excluding carboxylic acids is 1. The van der Waals surface area contributed by atoms with Crippen molar-refractivity contribution in [2.24, 2.45) is 0 Å². The molecule has 1 saturated heterocycles. The van der Waals surface area contributed by atoms with Gasteiger partial charge in [0.15, 0.2) is 0 Å². The largest absolute Gasteiger partial charge is 0.350 e. The number of likely N-dealkylation sites (tertiary alicyclic amines) is 1. The van der Waals surface area contributed by atoms with E-state index in [4.69, 9.17) is 0 Å². The van der Waals surface area contributed by atoms with Gasteiger partial charge in [-0.05, 0) is 57.3 Å². The van der Waals surface area contributed by atoms with Crippen molar-refractivity contribution in [1.82, 2.24) is 20.0 Å². The van der Waals surface area contributed by atoms with Gasteiger partial charge >= 0.3 is 0 Å². The molecular formula is C25H30N4O2. The third-order valence-corrected chi connectivity index (χ3v) is 6.00. The summed E-state index contributed by atoms with van der Waals surface area (Å²) in [7, 11) is 0. The van der Waals surface area contributed by atoms with E-state index in [1.807, 2.05) is 31.2 Å². The van der Waals surface area contributed by atoms with Crippen LogP contribution in [0.2, 0.25) is 0 Å².